The molecule has 1 aromatic carbocycles. The highest BCUT2D eigenvalue weighted by Crippen LogP contribution is 2.52. The number of carbonyl (C=O) groups is 2. The fraction of sp³-hybridized carbons (Fsp3) is 0.542. The molecule has 8 heteroatoms. The molecule has 2 aliphatic carbocycles. The number of allylic oxidation sites excluding steroid dienone is 2. The Hall–Kier alpha value is -2.10. The summed E-state index contributed by atoms with van der Waals surface area (Å²) >= 11 is 0. The molecule has 32 heavy (non-hydrogen) atoms. The summed E-state index contributed by atoms with van der Waals surface area (Å²) in [6, 6.07) is 8.12. The van der Waals surface area contributed by atoms with Gasteiger partial charge in [-0.05, 0) is 55.2 Å². The minimum atomic E-state index is -0.102. The van der Waals surface area contributed by atoms with Crippen LogP contribution in [0, 0.1) is 23.7 Å². The fourth-order valence-electron chi connectivity index (χ4n) is 5.18. The molecule has 1 aliphatic heterocycles. The van der Waals surface area contributed by atoms with Gasteiger partial charge < -0.3 is 15.4 Å². The number of ether oxygens (including phenoxy) is 1. The van der Waals surface area contributed by atoms with E-state index >= 15 is 0 Å². The number of hydrogen-bond acceptors (Lipinski definition) is 4. The van der Waals surface area contributed by atoms with Crippen LogP contribution in [0.1, 0.15) is 24.8 Å². The third kappa shape index (κ3) is 5.10. The van der Waals surface area contributed by atoms with Crippen molar-refractivity contribution in [2.75, 3.05) is 33.8 Å². The number of guanidine groups is 1. The van der Waals surface area contributed by atoms with E-state index in [4.69, 9.17) is 4.74 Å². The van der Waals surface area contributed by atoms with Crippen molar-refractivity contribution in [3.8, 4) is 5.75 Å². The Labute approximate surface area is 207 Å². The van der Waals surface area contributed by atoms with E-state index < -0.39 is 0 Å². The molecule has 4 rings (SSSR count). The van der Waals surface area contributed by atoms with E-state index in [9.17, 15) is 9.59 Å². The predicted octanol–water partition coefficient (Wildman–Crippen LogP) is 2.61. The molecule has 4 unspecified atom stereocenters. The van der Waals surface area contributed by atoms with Crippen LogP contribution in [0.3, 0.4) is 0 Å². The van der Waals surface area contributed by atoms with E-state index in [-0.39, 0.29) is 59.5 Å². The van der Waals surface area contributed by atoms with Gasteiger partial charge in [-0.15, -0.1) is 24.0 Å². The van der Waals surface area contributed by atoms with Crippen LogP contribution < -0.4 is 15.4 Å². The Kier molecular flexibility index (Phi) is 8.56. The molecule has 0 aromatic heterocycles. The maximum Gasteiger partial charge on any atom is 0.233 e. The van der Waals surface area contributed by atoms with E-state index in [0.717, 1.165) is 37.5 Å². The average molecular weight is 552 g/mol. The number of aryl methyl sites for hydroxylation is 1. The third-order valence-electron chi connectivity index (χ3n) is 6.71. The van der Waals surface area contributed by atoms with Gasteiger partial charge in [0, 0.05) is 26.7 Å². The summed E-state index contributed by atoms with van der Waals surface area (Å²) in [6.07, 6.45) is 7.88. The van der Waals surface area contributed by atoms with E-state index in [2.05, 4.69) is 39.9 Å². The maximum atomic E-state index is 12.7. The van der Waals surface area contributed by atoms with Crippen LogP contribution >= 0.6 is 24.0 Å². The summed E-state index contributed by atoms with van der Waals surface area (Å²) in [6.45, 7) is 1.94. The van der Waals surface area contributed by atoms with Crippen molar-refractivity contribution in [1.82, 2.24) is 15.5 Å². The van der Waals surface area contributed by atoms with Gasteiger partial charge in [0.1, 0.15) is 5.75 Å². The minimum absolute atomic E-state index is 0. The van der Waals surface area contributed by atoms with Gasteiger partial charge in [-0.1, -0.05) is 24.3 Å². The van der Waals surface area contributed by atoms with Crippen LogP contribution in [0.25, 0.3) is 0 Å². The Balaban J connectivity index is 0.00000289. The van der Waals surface area contributed by atoms with Gasteiger partial charge in [-0.2, -0.15) is 0 Å². The van der Waals surface area contributed by atoms with Crippen LogP contribution in [0.5, 0.6) is 5.75 Å². The van der Waals surface area contributed by atoms with Gasteiger partial charge in [0.05, 0.1) is 18.9 Å². The van der Waals surface area contributed by atoms with Crippen molar-refractivity contribution < 1.29 is 14.3 Å². The number of rotatable bonds is 9. The molecule has 2 amide bonds. The number of nitrogens with one attached hydrogen (secondary N) is 2. The number of nitrogens with zero attached hydrogens (tertiary/aromatic N) is 2. The number of carbonyl (C=O) groups excluding carboxylic acids is 2. The summed E-state index contributed by atoms with van der Waals surface area (Å²) in [4.78, 5) is 31.2. The lowest BCUT2D eigenvalue weighted by molar-refractivity contribution is -0.140. The van der Waals surface area contributed by atoms with Crippen LogP contribution in [0.2, 0.25) is 0 Å². The largest absolute Gasteiger partial charge is 0.497 e. The quantitative estimate of drug-likeness (QED) is 0.123. The van der Waals surface area contributed by atoms with Crippen molar-refractivity contribution in [2.24, 2.45) is 28.7 Å². The Morgan fingerprint density at radius 1 is 1.09 bits per heavy atom. The molecule has 1 aromatic rings. The summed E-state index contributed by atoms with van der Waals surface area (Å²) in [5, 5.41) is 6.60. The van der Waals surface area contributed by atoms with Gasteiger partial charge in [-0.3, -0.25) is 19.5 Å². The lowest BCUT2D eigenvalue weighted by atomic mass is 9.85. The number of hydrogen-bond donors (Lipinski definition) is 2. The molecular weight excluding hydrogens is 519 g/mol. The maximum absolute atomic E-state index is 12.7. The molecule has 0 spiro atoms. The minimum Gasteiger partial charge on any atom is -0.497 e. The first-order chi connectivity index (χ1) is 15.1. The summed E-state index contributed by atoms with van der Waals surface area (Å²) in [5.41, 5.74) is 1.25. The number of amides is 2. The Morgan fingerprint density at radius 3 is 2.38 bits per heavy atom. The molecule has 4 atom stereocenters. The van der Waals surface area contributed by atoms with Gasteiger partial charge in [0.15, 0.2) is 5.96 Å². The van der Waals surface area contributed by atoms with Crippen LogP contribution in [0.15, 0.2) is 41.4 Å². The average Bonchev–Trinajstić information content (AvgIpc) is 3.47. The zero-order chi connectivity index (χ0) is 21.8. The second-order valence-electron chi connectivity index (χ2n) is 8.56. The molecule has 3 aliphatic rings. The molecule has 2 bridgehead atoms. The molecule has 0 radical (unpaired) electrons. The Morgan fingerprint density at radius 2 is 1.75 bits per heavy atom. The van der Waals surface area contributed by atoms with Gasteiger partial charge in [-0.25, -0.2) is 0 Å². The molecule has 7 nitrogen and oxygen atoms in total. The van der Waals surface area contributed by atoms with Crippen molar-refractivity contribution in [3.63, 3.8) is 0 Å². The number of fused-ring (bicyclic) bond motifs is 5. The highest BCUT2D eigenvalue weighted by Gasteiger charge is 2.58. The van der Waals surface area contributed by atoms with E-state index in [0.29, 0.717) is 19.5 Å². The molecule has 1 heterocycles. The smallest absolute Gasteiger partial charge is 0.233 e. The number of halogens is 1. The second-order valence-corrected chi connectivity index (χ2v) is 8.56. The predicted molar refractivity (Wildman–Crippen MR) is 135 cm³/mol. The topological polar surface area (TPSA) is 83.0 Å². The molecular formula is C24H33IN4O3. The van der Waals surface area contributed by atoms with Crippen LogP contribution in [-0.4, -0.2) is 56.5 Å². The van der Waals surface area contributed by atoms with Crippen LogP contribution in [0.4, 0.5) is 0 Å². The van der Waals surface area contributed by atoms with E-state index in [1.54, 1.807) is 14.2 Å². The van der Waals surface area contributed by atoms with Crippen molar-refractivity contribution >= 4 is 41.8 Å². The Bertz CT molecular complexity index is 858. The van der Waals surface area contributed by atoms with Crippen LogP contribution in [-0.2, 0) is 16.0 Å². The van der Waals surface area contributed by atoms with Gasteiger partial charge in [0.25, 0.3) is 0 Å². The zero-order valence-electron chi connectivity index (χ0n) is 18.8. The monoisotopic (exact) mass is 552 g/mol. The lowest BCUT2D eigenvalue weighted by Crippen LogP contribution is -2.40. The van der Waals surface area contributed by atoms with E-state index in [1.807, 2.05) is 12.1 Å². The molecule has 1 saturated carbocycles. The molecule has 1 saturated heterocycles. The SMILES string of the molecule is CN=C(NCCCc1cccc(OC)c1)NCCCN1C(=O)C2C3C=CC(C3)C2C1=O.I. The molecule has 174 valence electrons. The number of aliphatic imine (C=N–C) groups is 1. The van der Waals surface area contributed by atoms with Gasteiger partial charge in [0.2, 0.25) is 11.8 Å². The first kappa shape index (κ1) is 24.5. The number of benzene rings is 1. The van der Waals surface area contributed by atoms with Crippen molar-refractivity contribution in [3.05, 3.63) is 42.0 Å². The zero-order valence-corrected chi connectivity index (χ0v) is 21.1. The van der Waals surface area contributed by atoms with E-state index in [1.165, 1.54) is 10.5 Å². The first-order valence-corrected chi connectivity index (χ1v) is 11.2. The summed E-state index contributed by atoms with van der Waals surface area (Å²) in [5.74, 6) is 2.03. The fourth-order valence-corrected chi connectivity index (χ4v) is 5.18. The van der Waals surface area contributed by atoms with Crippen molar-refractivity contribution in [1.29, 1.82) is 0 Å². The molecule has 2 N–H and O–H groups in total. The number of imide groups is 1. The standard InChI is InChI=1S/C24H32N4O3.HI/c1-25-24(26-11-4-7-16-6-3-8-19(14-16)31-2)27-12-5-13-28-22(29)20-17-9-10-18(15-17)21(20)23(28)30;/h3,6,8-10,14,17-18,20-21H,4-5,7,11-13,15H2,1-2H3,(H2,25,26,27);1H. The first-order valence-electron chi connectivity index (χ1n) is 11.2. The third-order valence-corrected chi connectivity index (χ3v) is 6.71. The second kappa shape index (κ2) is 11.2. The summed E-state index contributed by atoms with van der Waals surface area (Å²) < 4.78 is 5.26. The molecule has 2 fully saturated rings. The highest BCUT2D eigenvalue weighted by molar-refractivity contribution is 14.0. The summed E-state index contributed by atoms with van der Waals surface area (Å²) in [7, 11) is 3.42. The highest BCUT2D eigenvalue weighted by atomic mass is 127. The van der Waals surface area contributed by atoms with Gasteiger partial charge >= 0.3 is 0 Å². The normalized spacial score (nSPS) is 25.7. The number of methoxy groups -OCH3 is 1. The van der Waals surface area contributed by atoms with Crippen molar-refractivity contribution in [2.45, 2.75) is 25.7 Å². The number of likely N-dealkylation sites (tertiary alicyclic amines) is 1. The lowest BCUT2D eigenvalue weighted by Gasteiger charge is -2.18.